The summed E-state index contributed by atoms with van der Waals surface area (Å²) < 4.78 is 29.3. The SMILES string of the molecule is CC(=O)c1cc(=O)c2c(OCC(O)COc3cccc4oc(C(=O)Nc5ccn([C@H]6CS[C@@H](CO)O6)c(=O)n5)cc(=O)c34)cccc2o1. The van der Waals surface area contributed by atoms with Crippen molar-refractivity contribution in [2.45, 2.75) is 24.7 Å². The van der Waals surface area contributed by atoms with Crippen LogP contribution in [0.5, 0.6) is 11.5 Å². The molecule has 4 heterocycles. The van der Waals surface area contributed by atoms with E-state index >= 15 is 0 Å². The number of thioether (sulfide) groups is 1. The van der Waals surface area contributed by atoms with E-state index in [0.717, 1.165) is 12.1 Å². The first-order valence-electron chi connectivity index (χ1n) is 14.5. The number of nitrogens with zero attached hydrogens (tertiary/aromatic N) is 2. The Kier molecular flexibility index (Phi) is 9.40. The predicted octanol–water partition coefficient (Wildman–Crippen LogP) is 2.31. The number of amides is 1. The van der Waals surface area contributed by atoms with Gasteiger partial charge >= 0.3 is 5.69 Å². The average molecular weight is 678 g/mol. The number of Topliss-reactive ketones (excluding diaryl/α,β-unsaturated/α-hetero) is 1. The van der Waals surface area contributed by atoms with Gasteiger partial charge in [-0.1, -0.05) is 12.1 Å². The van der Waals surface area contributed by atoms with Gasteiger partial charge in [0.15, 0.2) is 28.2 Å². The minimum absolute atomic E-state index is 0.0199. The lowest BCUT2D eigenvalue weighted by molar-refractivity contribution is -0.00629. The van der Waals surface area contributed by atoms with Crippen molar-refractivity contribution in [2.75, 3.05) is 30.9 Å². The number of aliphatic hydroxyl groups is 2. The first kappa shape index (κ1) is 32.6. The Hall–Kier alpha value is -5.29. The Morgan fingerprint density at radius 1 is 0.979 bits per heavy atom. The van der Waals surface area contributed by atoms with Crippen molar-refractivity contribution in [1.82, 2.24) is 9.55 Å². The number of rotatable bonds is 11. The zero-order valence-electron chi connectivity index (χ0n) is 25.1. The Morgan fingerprint density at radius 2 is 1.58 bits per heavy atom. The highest BCUT2D eigenvalue weighted by Crippen LogP contribution is 2.30. The van der Waals surface area contributed by atoms with Gasteiger partial charge in [0.25, 0.3) is 5.91 Å². The monoisotopic (exact) mass is 677 g/mol. The fraction of sp³-hybridized carbons (Fsp3) is 0.250. The van der Waals surface area contributed by atoms with Crippen LogP contribution in [0.1, 0.15) is 34.3 Å². The van der Waals surface area contributed by atoms with Crippen LogP contribution in [0.4, 0.5) is 5.82 Å². The van der Waals surface area contributed by atoms with Gasteiger partial charge in [0.1, 0.15) is 70.2 Å². The van der Waals surface area contributed by atoms with Gasteiger partial charge in [0.05, 0.1) is 6.61 Å². The summed E-state index contributed by atoms with van der Waals surface area (Å²) in [6.07, 6.45) is -0.412. The van der Waals surface area contributed by atoms with Crippen LogP contribution >= 0.6 is 11.8 Å². The van der Waals surface area contributed by atoms with Crippen molar-refractivity contribution < 1.29 is 42.8 Å². The van der Waals surface area contributed by atoms with Gasteiger partial charge in [-0.15, -0.1) is 11.8 Å². The van der Waals surface area contributed by atoms with Gasteiger partial charge in [-0.25, -0.2) is 4.79 Å². The van der Waals surface area contributed by atoms with Crippen molar-refractivity contribution in [3.63, 3.8) is 0 Å². The van der Waals surface area contributed by atoms with Gasteiger partial charge < -0.3 is 38.6 Å². The summed E-state index contributed by atoms with van der Waals surface area (Å²) in [6, 6.07) is 12.5. The van der Waals surface area contributed by atoms with Crippen molar-refractivity contribution in [3.05, 3.63) is 103 Å². The lowest BCUT2D eigenvalue weighted by Gasteiger charge is -2.15. The Morgan fingerprint density at radius 3 is 2.15 bits per heavy atom. The second-order valence-electron chi connectivity index (χ2n) is 10.5. The van der Waals surface area contributed by atoms with Crippen molar-refractivity contribution >= 4 is 51.2 Å². The number of hydrogen-bond donors (Lipinski definition) is 3. The number of benzene rings is 2. The van der Waals surface area contributed by atoms with Crippen LogP contribution in [0.25, 0.3) is 21.9 Å². The first-order valence-corrected chi connectivity index (χ1v) is 15.5. The van der Waals surface area contributed by atoms with Crippen LogP contribution in [0, 0.1) is 0 Å². The molecule has 0 bridgehead atoms. The maximum absolute atomic E-state index is 13.1. The van der Waals surface area contributed by atoms with E-state index in [0.29, 0.717) is 5.75 Å². The van der Waals surface area contributed by atoms with Crippen LogP contribution in [-0.4, -0.2) is 68.6 Å². The molecule has 1 aliphatic rings. The highest BCUT2D eigenvalue weighted by atomic mass is 32.2. The number of ketones is 1. The Balaban J connectivity index is 1.11. The average Bonchev–Trinajstić information content (AvgIpc) is 3.55. The normalized spacial score (nSPS) is 16.6. The summed E-state index contributed by atoms with van der Waals surface area (Å²) in [7, 11) is 0. The first-order chi connectivity index (χ1) is 23.1. The highest BCUT2D eigenvalue weighted by molar-refractivity contribution is 8.00. The molecule has 48 heavy (non-hydrogen) atoms. The number of carbonyl (C=O) groups is 2. The molecule has 5 aromatic rings. The molecule has 2 aromatic carbocycles. The van der Waals surface area contributed by atoms with Gasteiger partial charge in [-0.2, -0.15) is 4.98 Å². The molecule has 1 aliphatic heterocycles. The van der Waals surface area contributed by atoms with E-state index in [-0.39, 0.29) is 70.6 Å². The molecule has 0 aliphatic carbocycles. The highest BCUT2D eigenvalue weighted by Gasteiger charge is 2.27. The molecule has 16 heteroatoms. The summed E-state index contributed by atoms with van der Waals surface area (Å²) in [6.45, 7) is 0.490. The smallest absolute Gasteiger partial charge is 0.351 e. The van der Waals surface area contributed by atoms with Crippen LogP contribution < -0.4 is 31.3 Å². The third kappa shape index (κ3) is 6.86. The number of aliphatic hydroxyl groups excluding tert-OH is 2. The van der Waals surface area contributed by atoms with Crippen molar-refractivity contribution in [2.24, 2.45) is 0 Å². The number of carbonyl (C=O) groups excluding carboxylic acids is 2. The summed E-state index contributed by atoms with van der Waals surface area (Å²) in [4.78, 5) is 66.6. The molecule has 15 nitrogen and oxygen atoms in total. The third-order valence-electron chi connectivity index (χ3n) is 7.13. The summed E-state index contributed by atoms with van der Waals surface area (Å²) >= 11 is 1.36. The maximum atomic E-state index is 13.1. The Labute approximate surface area is 273 Å². The molecule has 1 saturated heterocycles. The summed E-state index contributed by atoms with van der Waals surface area (Å²) in [5.74, 6) is -1.08. The second kappa shape index (κ2) is 13.8. The molecule has 3 N–H and O–H groups in total. The second-order valence-corrected chi connectivity index (χ2v) is 11.7. The van der Waals surface area contributed by atoms with Crippen molar-refractivity contribution in [1.29, 1.82) is 0 Å². The predicted molar refractivity (Wildman–Crippen MR) is 172 cm³/mol. The number of hydrogen-bond acceptors (Lipinski definition) is 14. The van der Waals surface area contributed by atoms with Gasteiger partial charge in [0.2, 0.25) is 0 Å². The summed E-state index contributed by atoms with van der Waals surface area (Å²) in [5, 5.41) is 22.4. The van der Waals surface area contributed by atoms with Crippen LogP contribution in [-0.2, 0) is 4.74 Å². The van der Waals surface area contributed by atoms with Gasteiger partial charge in [0, 0.05) is 31.0 Å². The maximum Gasteiger partial charge on any atom is 0.351 e. The van der Waals surface area contributed by atoms with Crippen LogP contribution in [0.2, 0.25) is 0 Å². The molecule has 1 amide bonds. The largest absolute Gasteiger partial charge is 0.490 e. The van der Waals surface area contributed by atoms with Gasteiger partial charge in [-0.3, -0.25) is 23.7 Å². The summed E-state index contributed by atoms with van der Waals surface area (Å²) in [5.41, 5.74) is -2.03. The van der Waals surface area contributed by atoms with E-state index in [1.54, 1.807) is 6.07 Å². The standard InChI is InChI=1S/C32H27N3O12S/c1-16(37)24-10-18(39)29-20(4-2-6-22(29)45-24)43-13-17(38)14-44-21-5-3-7-23-30(21)19(40)11-25(46-23)31(41)33-26-8-9-35(32(42)34-26)27-15-48-28(12-36)47-27/h2-11,17,27-28,36,38H,12-15H2,1H3,(H,33,34,41,42)/t17?,27-,28+/m1/s1. The number of fused-ring (bicyclic) bond motifs is 2. The molecule has 0 spiro atoms. The van der Waals surface area contributed by atoms with E-state index in [1.807, 2.05) is 0 Å². The Bertz CT molecular complexity index is 2210. The zero-order chi connectivity index (χ0) is 33.9. The number of anilines is 1. The van der Waals surface area contributed by atoms with E-state index in [9.17, 15) is 34.2 Å². The molecule has 248 valence electrons. The molecular formula is C32H27N3O12S. The van der Waals surface area contributed by atoms with E-state index < -0.39 is 46.0 Å². The minimum Gasteiger partial charge on any atom is -0.490 e. The van der Waals surface area contributed by atoms with Crippen molar-refractivity contribution in [3.8, 4) is 11.5 Å². The van der Waals surface area contributed by atoms with E-state index in [4.69, 9.17) is 23.0 Å². The molecular weight excluding hydrogens is 650 g/mol. The molecule has 0 saturated carbocycles. The molecule has 3 atom stereocenters. The molecule has 0 radical (unpaired) electrons. The fourth-order valence-corrected chi connectivity index (χ4v) is 5.80. The molecule has 1 fully saturated rings. The number of nitrogens with one attached hydrogen (secondary N) is 1. The zero-order valence-corrected chi connectivity index (χ0v) is 25.9. The minimum atomic E-state index is -1.20. The van der Waals surface area contributed by atoms with Crippen LogP contribution in [0.15, 0.2) is 84.0 Å². The van der Waals surface area contributed by atoms with Crippen LogP contribution in [0.3, 0.4) is 0 Å². The molecule has 3 aromatic heterocycles. The number of aromatic nitrogens is 2. The fourth-order valence-electron chi connectivity index (χ4n) is 4.87. The van der Waals surface area contributed by atoms with Gasteiger partial charge in [-0.05, 0) is 30.3 Å². The lowest BCUT2D eigenvalue weighted by Crippen LogP contribution is -2.29. The molecule has 1 unspecified atom stereocenters. The molecule has 6 rings (SSSR count). The van der Waals surface area contributed by atoms with E-state index in [2.05, 4.69) is 10.3 Å². The third-order valence-corrected chi connectivity index (χ3v) is 8.24. The van der Waals surface area contributed by atoms with E-state index in [1.165, 1.54) is 65.8 Å². The quantitative estimate of drug-likeness (QED) is 0.171. The lowest BCUT2D eigenvalue weighted by atomic mass is 10.2. The topological polar surface area (TPSA) is 210 Å². The number of ether oxygens (including phenoxy) is 3.